The Bertz CT molecular complexity index is 1150. The summed E-state index contributed by atoms with van der Waals surface area (Å²) in [6.07, 6.45) is 3.40. The van der Waals surface area contributed by atoms with E-state index in [4.69, 9.17) is 0 Å². The number of halogens is 2. The predicted molar refractivity (Wildman–Crippen MR) is 117 cm³/mol. The summed E-state index contributed by atoms with van der Waals surface area (Å²) in [6, 6.07) is 7.83. The van der Waals surface area contributed by atoms with Gasteiger partial charge in [-0.3, -0.25) is 19.8 Å². The van der Waals surface area contributed by atoms with Gasteiger partial charge in [0.25, 0.3) is 11.6 Å². The number of rotatable bonds is 8. The minimum absolute atomic E-state index is 0.00877. The second-order valence-electron chi connectivity index (χ2n) is 7.06. The van der Waals surface area contributed by atoms with E-state index in [1.807, 2.05) is 19.0 Å². The minimum Gasteiger partial charge on any atom is -0.309 e. The summed E-state index contributed by atoms with van der Waals surface area (Å²) >= 11 is 1.03. The number of carbonyl (C=O) groups is 1. The van der Waals surface area contributed by atoms with Crippen molar-refractivity contribution in [1.82, 2.24) is 9.88 Å². The highest BCUT2D eigenvalue weighted by Crippen LogP contribution is 2.31. The monoisotopic (exact) mass is 446 g/mol. The Balaban J connectivity index is 1.89. The number of benzene rings is 2. The minimum atomic E-state index is -0.787. The smallest absolute Gasteiger partial charge is 0.270 e. The van der Waals surface area contributed by atoms with E-state index in [1.165, 1.54) is 41.3 Å². The summed E-state index contributed by atoms with van der Waals surface area (Å²) in [5.74, 6) is -1.91. The number of thiazole rings is 1. The average molecular weight is 446 g/mol. The van der Waals surface area contributed by atoms with Gasteiger partial charge in [-0.2, -0.15) is 0 Å². The molecule has 0 fully saturated rings. The maximum atomic E-state index is 14.1. The fourth-order valence-corrected chi connectivity index (χ4v) is 3.94. The standard InChI is InChI=1S/C21H20F2N4O3S/c1-25(2)9-4-10-26(21-24-20-17(23)12-15(22)13-18(20)31-21)19(28)8-7-14-5-3-6-16(11-14)27(29)30/h3,5-8,11-13H,4,9-10H2,1-2H3. The molecule has 31 heavy (non-hydrogen) atoms. The molecule has 2 aromatic carbocycles. The van der Waals surface area contributed by atoms with Gasteiger partial charge >= 0.3 is 0 Å². The van der Waals surface area contributed by atoms with Crippen molar-refractivity contribution in [1.29, 1.82) is 0 Å². The Hall–Kier alpha value is -3.24. The zero-order valence-corrected chi connectivity index (χ0v) is 17.7. The molecule has 0 saturated heterocycles. The van der Waals surface area contributed by atoms with Gasteiger partial charge in [-0.1, -0.05) is 23.5 Å². The Morgan fingerprint density at radius 1 is 1.23 bits per heavy atom. The van der Waals surface area contributed by atoms with Crippen molar-refractivity contribution in [2.45, 2.75) is 6.42 Å². The van der Waals surface area contributed by atoms with Crippen LogP contribution in [0.15, 0.2) is 42.5 Å². The molecule has 0 N–H and O–H groups in total. The van der Waals surface area contributed by atoms with Gasteiger partial charge in [-0.15, -0.1) is 0 Å². The van der Waals surface area contributed by atoms with Crippen LogP contribution in [0.3, 0.4) is 0 Å². The fourth-order valence-electron chi connectivity index (χ4n) is 2.91. The molecular formula is C21H20F2N4O3S. The first kappa shape index (κ1) is 22.4. The third-order valence-corrected chi connectivity index (χ3v) is 5.41. The number of aromatic nitrogens is 1. The molecule has 0 unspecified atom stereocenters. The van der Waals surface area contributed by atoms with E-state index >= 15 is 0 Å². The van der Waals surface area contributed by atoms with Crippen LogP contribution >= 0.6 is 11.3 Å². The van der Waals surface area contributed by atoms with E-state index in [9.17, 15) is 23.7 Å². The number of hydrogen-bond donors (Lipinski definition) is 0. The molecule has 0 aliphatic carbocycles. The summed E-state index contributed by atoms with van der Waals surface area (Å²) in [7, 11) is 3.81. The summed E-state index contributed by atoms with van der Waals surface area (Å²) in [4.78, 5) is 30.9. The van der Waals surface area contributed by atoms with Gasteiger partial charge in [0.2, 0.25) is 0 Å². The van der Waals surface area contributed by atoms with Gasteiger partial charge in [0.05, 0.1) is 9.62 Å². The molecule has 10 heteroatoms. The first-order valence-electron chi connectivity index (χ1n) is 9.39. The van der Waals surface area contributed by atoms with Crippen molar-refractivity contribution in [3.05, 3.63) is 69.8 Å². The molecule has 0 spiro atoms. The van der Waals surface area contributed by atoms with Crippen LogP contribution in [-0.4, -0.2) is 47.9 Å². The number of nitrogens with zero attached hydrogens (tertiary/aromatic N) is 4. The molecule has 0 atom stereocenters. The topological polar surface area (TPSA) is 79.6 Å². The number of non-ortho nitro benzene ring substituents is 1. The van der Waals surface area contributed by atoms with Gasteiger partial charge in [0.15, 0.2) is 10.9 Å². The van der Waals surface area contributed by atoms with Crippen molar-refractivity contribution < 1.29 is 18.5 Å². The highest BCUT2D eigenvalue weighted by atomic mass is 32.1. The van der Waals surface area contributed by atoms with Gasteiger partial charge in [-0.05, 0) is 44.8 Å². The van der Waals surface area contributed by atoms with Crippen molar-refractivity contribution in [2.75, 3.05) is 32.1 Å². The lowest BCUT2D eigenvalue weighted by molar-refractivity contribution is -0.384. The lowest BCUT2D eigenvalue weighted by Gasteiger charge is -2.19. The van der Waals surface area contributed by atoms with E-state index in [1.54, 1.807) is 6.07 Å². The van der Waals surface area contributed by atoms with Crippen LogP contribution in [-0.2, 0) is 4.79 Å². The predicted octanol–water partition coefficient (Wildman–Crippen LogP) is 4.48. The lowest BCUT2D eigenvalue weighted by atomic mass is 10.2. The third-order valence-electron chi connectivity index (χ3n) is 4.39. The molecular weight excluding hydrogens is 426 g/mol. The maximum Gasteiger partial charge on any atom is 0.270 e. The van der Waals surface area contributed by atoms with E-state index in [0.29, 0.717) is 29.8 Å². The zero-order valence-electron chi connectivity index (χ0n) is 16.9. The Morgan fingerprint density at radius 2 is 2.00 bits per heavy atom. The van der Waals surface area contributed by atoms with Crippen LogP contribution < -0.4 is 4.90 Å². The molecule has 1 amide bonds. The van der Waals surface area contributed by atoms with E-state index < -0.39 is 22.5 Å². The number of amides is 1. The number of anilines is 1. The van der Waals surface area contributed by atoms with Crippen molar-refractivity contribution >= 4 is 44.4 Å². The van der Waals surface area contributed by atoms with Crippen molar-refractivity contribution in [3.8, 4) is 0 Å². The second kappa shape index (κ2) is 9.71. The Kier molecular flexibility index (Phi) is 7.03. The van der Waals surface area contributed by atoms with Crippen LogP contribution in [0, 0.1) is 21.7 Å². The highest BCUT2D eigenvalue weighted by molar-refractivity contribution is 7.22. The number of fused-ring (bicyclic) bond motifs is 1. The van der Waals surface area contributed by atoms with Crippen molar-refractivity contribution in [2.24, 2.45) is 0 Å². The largest absolute Gasteiger partial charge is 0.309 e. The molecule has 7 nitrogen and oxygen atoms in total. The van der Waals surface area contributed by atoms with E-state index in [-0.39, 0.29) is 16.3 Å². The summed E-state index contributed by atoms with van der Waals surface area (Å²) in [5, 5.41) is 11.2. The molecule has 3 rings (SSSR count). The summed E-state index contributed by atoms with van der Waals surface area (Å²) in [5.41, 5.74) is 0.420. The summed E-state index contributed by atoms with van der Waals surface area (Å²) < 4.78 is 27.9. The maximum absolute atomic E-state index is 14.1. The van der Waals surface area contributed by atoms with Crippen LogP contribution in [0.5, 0.6) is 0 Å². The molecule has 0 saturated carbocycles. The van der Waals surface area contributed by atoms with Gasteiger partial charge in [0, 0.05) is 30.8 Å². The quantitative estimate of drug-likeness (QED) is 0.290. The van der Waals surface area contributed by atoms with E-state index in [2.05, 4.69) is 4.98 Å². The molecule has 162 valence electrons. The van der Waals surface area contributed by atoms with Gasteiger partial charge in [0.1, 0.15) is 11.3 Å². The van der Waals surface area contributed by atoms with Crippen LogP contribution in [0.4, 0.5) is 19.6 Å². The van der Waals surface area contributed by atoms with Gasteiger partial charge < -0.3 is 4.90 Å². The van der Waals surface area contributed by atoms with Crippen LogP contribution in [0.1, 0.15) is 12.0 Å². The van der Waals surface area contributed by atoms with Crippen LogP contribution in [0.2, 0.25) is 0 Å². The second-order valence-corrected chi connectivity index (χ2v) is 8.07. The normalized spacial score (nSPS) is 11.5. The number of carbonyl (C=O) groups excluding carboxylic acids is 1. The zero-order chi connectivity index (χ0) is 22.5. The molecule has 0 aliphatic heterocycles. The Morgan fingerprint density at radius 3 is 2.71 bits per heavy atom. The first-order valence-corrected chi connectivity index (χ1v) is 10.2. The molecule has 3 aromatic rings. The molecule has 1 aromatic heterocycles. The SMILES string of the molecule is CN(C)CCCN(C(=O)C=Cc1cccc([N+](=O)[O-])c1)c1nc2c(F)cc(F)cc2s1. The number of nitro groups is 1. The van der Waals surface area contributed by atoms with E-state index in [0.717, 1.165) is 17.4 Å². The number of hydrogen-bond acceptors (Lipinski definition) is 6. The first-order chi connectivity index (χ1) is 14.7. The summed E-state index contributed by atoms with van der Waals surface area (Å²) in [6.45, 7) is 1.03. The fraction of sp³-hybridized carbons (Fsp3) is 0.238. The number of nitro benzene ring substituents is 1. The molecule has 1 heterocycles. The molecule has 0 radical (unpaired) electrons. The van der Waals surface area contributed by atoms with Gasteiger partial charge in [-0.25, -0.2) is 13.8 Å². The van der Waals surface area contributed by atoms with Crippen molar-refractivity contribution in [3.63, 3.8) is 0 Å². The highest BCUT2D eigenvalue weighted by Gasteiger charge is 2.20. The molecule has 0 aliphatic rings. The average Bonchev–Trinajstić information content (AvgIpc) is 3.13. The van der Waals surface area contributed by atoms with Crippen LogP contribution in [0.25, 0.3) is 16.3 Å². The molecule has 0 bridgehead atoms. The Labute approximate surface area is 181 Å². The third kappa shape index (κ3) is 5.68. The lowest BCUT2D eigenvalue weighted by Crippen LogP contribution is -2.32.